The van der Waals surface area contributed by atoms with Gasteiger partial charge in [0.15, 0.2) is 0 Å². The van der Waals surface area contributed by atoms with Crippen LogP contribution in [-0.2, 0) is 4.79 Å². The molecule has 0 aliphatic rings. The van der Waals surface area contributed by atoms with Crippen LogP contribution in [0.25, 0.3) is 0 Å². The van der Waals surface area contributed by atoms with Crippen molar-refractivity contribution in [1.82, 2.24) is 0 Å². The number of hydrogen-bond donors (Lipinski definition) is 1. The van der Waals surface area contributed by atoms with E-state index >= 15 is 0 Å². The van der Waals surface area contributed by atoms with E-state index < -0.39 is 10.7 Å². The first kappa shape index (κ1) is 13.1. The zero-order valence-corrected chi connectivity index (χ0v) is 10.8. The van der Waals surface area contributed by atoms with Crippen LogP contribution in [-0.4, -0.2) is 15.8 Å². The van der Waals surface area contributed by atoms with Gasteiger partial charge in [0.2, 0.25) is 0 Å². The molecule has 0 heterocycles. The highest BCUT2D eigenvalue weighted by molar-refractivity contribution is 8.01. The molecule has 0 spiro atoms. The Hall–Kier alpha value is -0.960. The van der Waals surface area contributed by atoms with Crippen molar-refractivity contribution in [3.63, 3.8) is 0 Å². The van der Waals surface area contributed by atoms with Crippen LogP contribution >= 0.6 is 11.8 Å². The summed E-state index contributed by atoms with van der Waals surface area (Å²) in [6.07, 6.45) is 1.56. The van der Waals surface area contributed by atoms with Crippen molar-refractivity contribution in [2.24, 2.45) is 0 Å². The van der Waals surface area contributed by atoms with Crippen LogP contribution in [0.15, 0.2) is 29.2 Å². The maximum Gasteiger partial charge on any atom is 0.319 e. The molecule has 1 aromatic carbocycles. The number of carbonyl (C=O) groups is 1. The average molecular weight is 238 g/mol. The van der Waals surface area contributed by atoms with Gasteiger partial charge < -0.3 is 5.11 Å². The lowest BCUT2D eigenvalue weighted by molar-refractivity contribution is -0.139. The number of hydrogen-bond acceptors (Lipinski definition) is 2. The van der Waals surface area contributed by atoms with Gasteiger partial charge in [-0.1, -0.05) is 31.0 Å². The van der Waals surface area contributed by atoms with E-state index in [4.69, 9.17) is 0 Å². The van der Waals surface area contributed by atoms with E-state index in [1.54, 1.807) is 6.92 Å². The molecule has 0 aliphatic heterocycles. The van der Waals surface area contributed by atoms with Crippen molar-refractivity contribution >= 4 is 17.7 Å². The second-order valence-corrected chi connectivity index (χ2v) is 5.78. The molecular weight excluding hydrogens is 220 g/mol. The molecule has 2 nitrogen and oxygen atoms in total. The first-order valence-corrected chi connectivity index (χ1v) is 6.28. The van der Waals surface area contributed by atoms with E-state index in [2.05, 4.69) is 0 Å². The smallest absolute Gasteiger partial charge is 0.319 e. The van der Waals surface area contributed by atoms with Crippen molar-refractivity contribution in [3.8, 4) is 0 Å². The molecule has 16 heavy (non-hydrogen) atoms. The minimum atomic E-state index is -0.735. The number of rotatable bonds is 5. The third kappa shape index (κ3) is 3.27. The second-order valence-electron chi connectivity index (χ2n) is 4.20. The lowest BCUT2D eigenvalue weighted by Crippen LogP contribution is -2.31. The van der Waals surface area contributed by atoms with Gasteiger partial charge >= 0.3 is 5.97 Å². The van der Waals surface area contributed by atoms with Crippen LogP contribution in [0.1, 0.15) is 32.3 Å². The summed E-state index contributed by atoms with van der Waals surface area (Å²) >= 11 is 1.44. The molecule has 0 amide bonds. The maximum absolute atomic E-state index is 11.3. The minimum Gasteiger partial charge on any atom is -0.480 e. The molecular formula is C13H18O2S. The van der Waals surface area contributed by atoms with Crippen LogP contribution < -0.4 is 0 Å². The monoisotopic (exact) mass is 238 g/mol. The summed E-state index contributed by atoms with van der Waals surface area (Å²) in [4.78, 5) is 12.3. The number of carboxylic acids is 1. The Bertz CT molecular complexity index is 376. The van der Waals surface area contributed by atoms with Gasteiger partial charge in [-0.3, -0.25) is 4.79 Å². The predicted octanol–water partition coefficient (Wildman–Crippen LogP) is 3.73. The summed E-state index contributed by atoms with van der Waals surface area (Å²) in [6.45, 7) is 5.83. The van der Waals surface area contributed by atoms with Crippen LogP contribution in [0.4, 0.5) is 0 Å². The predicted molar refractivity (Wildman–Crippen MR) is 68.0 cm³/mol. The molecule has 0 fully saturated rings. The van der Waals surface area contributed by atoms with Crippen molar-refractivity contribution in [1.29, 1.82) is 0 Å². The highest BCUT2D eigenvalue weighted by Crippen LogP contribution is 2.36. The zero-order chi connectivity index (χ0) is 12.2. The normalized spacial score (nSPS) is 14.4. The SMILES string of the molecule is CCCC(C)(Sc1cccc(C)c1)C(=O)O. The van der Waals surface area contributed by atoms with Gasteiger partial charge in [0.25, 0.3) is 0 Å². The zero-order valence-electron chi connectivity index (χ0n) is 9.99. The standard InChI is InChI=1S/C13H18O2S/c1-4-8-13(3,12(14)15)16-11-7-5-6-10(2)9-11/h5-7,9H,4,8H2,1-3H3,(H,14,15). The molecule has 1 rings (SSSR count). The molecule has 1 N–H and O–H groups in total. The van der Waals surface area contributed by atoms with Gasteiger partial charge in [-0.15, -0.1) is 11.8 Å². The molecule has 0 saturated heterocycles. The molecule has 0 saturated carbocycles. The lowest BCUT2D eigenvalue weighted by Gasteiger charge is -2.23. The second kappa shape index (κ2) is 5.39. The minimum absolute atomic E-state index is 0.681. The number of benzene rings is 1. The van der Waals surface area contributed by atoms with Crippen molar-refractivity contribution in [2.75, 3.05) is 0 Å². The number of thioether (sulfide) groups is 1. The molecule has 1 atom stereocenters. The summed E-state index contributed by atoms with van der Waals surface area (Å²) in [5, 5.41) is 9.27. The Morgan fingerprint density at radius 1 is 1.50 bits per heavy atom. The quantitative estimate of drug-likeness (QED) is 0.794. The van der Waals surface area contributed by atoms with Crippen LogP contribution in [0.5, 0.6) is 0 Å². The largest absolute Gasteiger partial charge is 0.480 e. The first-order chi connectivity index (χ1) is 7.48. The van der Waals surface area contributed by atoms with E-state index in [0.29, 0.717) is 6.42 Å². The first-order valence-electron chi connectivity index (χ1n) is 5.47. The number of aliphatic carboxylic acids is 1. The third-order valence-electron chi connectivity index (χ3n) is 2.51. The van der Waals surface area contributed by atoms with Gasteiger partial charge in [0.1, 0.15) is 4.75 Å². The van der Waals surface area contributed by atoms with Crippen LogP contribution in [0.2, 0.25) is 0 Å². The summed E-state index contributed by atoms with van der Waals surface area (Å²) < 4.78 is -0.720. The summed E-state index contributed by atoms with van der Waals surface area (Å²) in [7, 11) is 0. The molecule has 0 radical (unpaired) electrons. The van der Waals surface area contributed by atoms with Gasteiger partial charge in [-0.25, -0.2) is 0 Å². The Morgan fingerprint density at radius 2 is 2.19 bits per heavy atom. The van der Waals surface area contributed by atoms with Crippen molar-refractivity contribution in [3.05, 3.63) is 29.8 Å². The van der Waals surface area contributed by atoms with Crippen molar-refractivity contribution in [2.45, 2.75) is 43.3 Å². The molecule has 3 heteroatoms. The summed E-state index contributed by atoms with van der Waals surface area (Å²) in [5.41, 5.74) is 1.16. The van der Waals surface area contributed by atoms with Gasteiger partial charge in [-0.05, 0) is 32.4 Å². The van der Waals surface area contributed by atoms with Crippen LogP contribution in [0.3, 0.4) is 0 Å². The molecule has 1 aromatic rings. The Labute approximate surface area is 101 Å². The maximum atomic E-state index is 11.3. The summed E-state index contributed by atoms with van der Waals surface area (Å²) in [5.74, 6) is -0.735. The summed E-state index contributed by atoms with van der Waals surface area (Å²) in [6, 6.07) is 7.98. The fraction of sp³-hybridized carbons (Fsp3) is 0.462. The van der Waals surface area contributed by atoms with E-state index in [1.165, 1.54) is 11.8 Å². The van der Waals surface area contributed by atoms with Crippen LogP contribution in [0, 0.1) is 6.92 Å². The number of aryl methyl sites for hydroxylation is 1. The Morgan fingerprint density at radius 3 is 2.69 bits per heavy atom. The number of carboxylic acid groups (broad SMARTS) is 1. The fourth-order valence-electron chi connectivity index (χ4n) is 1.62. The molecule has 1 unspecified atom stereocenters. The Balaban J connectivity index is 2.87. The van der Waals surface area contributed by atoms with Crippen molar-refractivity contribution < 1.29 is 9.90 Å². The average Bonchev–Trinajstić information content (AvgIpc) is 2.17. The molecule has 0 aliphatic carbocycles. The fourth-order valence-corrected chi connectivity index (χ4v) is 2.92. The van der Waals surface area contributed by atoms with E-state index in [0.717, 1.165) is 16.9 Å². The van der Waals surface area contributed by atoms with Gasteiger partial charge in [-0.2, -0.15) is 0 Å². The Kier molecular flexibility index (Phi) is 4.42. The van der Waals surface area contributed by atoms with E-state index in [-0.39, 0.29) is 0 Å². The topological polar surface area (TPSA) is 37.3 Å². The molecule has 88 valence electrons. The van der Waals surface area contributed by atoms with Gasteiger partial charge in [0.05, 0.1) is 0 Å². The highest BCUT2D eigenvalue weighted by atomic mass is 32.2. The third-order valence-corrected chi connectivity index (χ3v) is 3.83. The van der Waals surface area contributed by atoms with E-state index in [1.807, 2.05) is 38.1 Å². The lowest BCUT2D eigenvalue weighted by atomic mass is 10.1. The molecule has 0 aromatic heterocycles. The highest BCUT2D eigenvalue weighted by Gasteiger charge is 2.33. The van der Waals surface area contributed by atoms with E-state index in [9.17, 15) is 9.90 Å². The van der Waals surface area contributed by atoms with Gasteiger partial charge in [0, 0.05) is 4.90 Å². The molecule has 0 bridgehead atoms.